The minimum atomic E-state index is -3.51. The number of halogens is 1. The van der Waals surface area contributed by atoms with Crippen LogP contribution < -0.4 is 4.31 Å². The SMILES string of the molecule is Cc1cccc(N(C)S(=O)(=O)c2csc(CCl)c2)c1. The lowest BCUT2D eigenvalue weighted by Crippen LogP contribution is -2.26. The first-order valence-electron chi connectivity index (χ1n) is 5.64. The lowest BCUT2D eigenvalue weighted by Gasteiger charge is -2.19. The van der Waals surface area contributed by atoms with Gasteiger partial charge in [-0.3, -0.25) is 4.31 Å². The molecule has 1 heterocycles. The van der Waals surface area contributed by atoms with Crippen LogP contribution in [0.25, 0.3) is 0 Å². The van der Waals surface area contributed by atoms with E-state index < -0.39 is 10.0 Å². The molecule has 0 atom stereocenters. The molecular weight excluding hydrogens is 302 g/mol. The van der Waals surface area contributed by atoms with Crippen molar-refractivity contribution in [3.05, 3.63) is 46.2 Å². The molecule has 1 aromatic carbocycles. The van der Waals surface area contributed by atoms with E-state index in [-0.39, 0.29) is 4.90 Å². The van der Waals surface area contributed by atoms with Crippen molar-refractivity contribution in [2.24, 2.45) is 0 Å². The van der Waals surface area contributed by atoms with E-state index in [9.17, 15) is 8.42 Å². The third-order valence-corrected chi connectivity index (χ3v) is 6.08. The summed E-state index contributed by atoms with van der Waals surface area (Å²) in [5, 5.41) is 1.62. The van der Waals surface area contributed by atoms with Crippen molar-refractivity contribution >= 4 is 38.6 Å². The molecule has 0 aliphatic rings. The number of nitrogens with zero attached hydrogens (tertiary/aromatic N) is 1. The van der Waals surface area contributed by atoms with E-state index in [1.807, 2.05) is 25.1 Å². The highest BCUT2D eigenvalue weighted by atomic mass is 35.5. The number of rotatable bonds is 4. The summed E-state index contributed by atoms with van der Waals surface area (Å²) < 4.78 is 26.2. The van der Waals surface area contributed by atoms with Crippen LogP contribution in [0.15, 0.2) is 40.6 Å². The van der Waals surface area contributed by atoms with Crippen molar-refractivity contribution in [2.45, 2.75) is 17.7 Å². The van der Waals surface area contributed by atoms with Crippen LogP contribution in [0, 0.1) is 6.92 Å². The van der Waals surface area contributed by atoms with Crippen LogP contribution in [0.3, 0.4) is 0 Å². The summed E-state index contributed by atoms with van der Waals surface area (Å²) in [6.07, 6.45) is 0. The van der Waals surface area contributed by atoms with E-state index >= 15 is 0 Å². The van der Waals surface area contributed by atoms with Gasteiger partial charge in [0.25, 0.3) is 10.0 Å². The van der Waals surface area contributed by atoms with Crippen molar-refractivity contribution in [3.8, 4) is 0 Å². The highest BCUT2D eigenvalue weighted by Gasteiger charge is 2.22. The standard InChI is InChI=1S/C13H14ClNO2S2/c1-10-4-3-5-11(6-10)15(2)19(16,17)13-7-12(8-14)18-9-13/h3-7,9H,8H2,1-2H3. The average Bonchev–Trinajstić information content (AvgIpc) is 2.87. The van der Waals surface area contributed by atoms with Crippen LogP contribution in [-0.4, -0.2) is 15.5 Å². The maximum absolute atomic E-state index is 12.5. The molecule has 19 heavy (non-hydrogen) atoms. The molecule has 3 nitrogen and oxygen atoms in total. The van der Waals surface area contributed by atoms with Crippen LogP contribution in [0.5, 0.6) is 0 Å². The Morgan fingerprint density at radius 1 is 1.32 bits per heavy atom. The molecule has 0 unspecified atom stereocenters. The number of hydrogen-bond acceptors (Lipinski definition) is 3. The lowest BCUT2D eigenvalue weighted by atomic mass is 10.2. The summed E-state index contributed by atoms with van der Waals surface area (Å²) in [6.45, 7) is 1.93. The smallest absolute Gasteiger partial charge is 0.264 e. The molecular formula is C13H14ClNO2S2. The van der Waals surface area contributed by atoms with Crippen LogP contribution >= 0.6 is 22.9 Å². The Balaban J connectivity index is 2.39. The van der Waals surface area contributed by atoms with Crippen molar-refractivity contribution < 1.29 is 8.42 Å². The van der Waals surface area contributed by atoms with E-state index in [0.717, 1.165) is 10.4 Å². The Morgan fingerprint density at radius 2 is 2.05 bits per heavy atom. The number of thiophene rings is 1. The van der Waals surface area contributed by atoms with Gasteiger partial charge in [-0.15, -0.1) is 22.9 Å². The quantitative estimate of drug-likeness (QED) is 0.808. The maximum Gasteiger partial charge on any atom is 0.264 e. The van der Waals surface area contributed by atoms with Gasteiger partial charge in [-0.25, -0.2) is 8.42 Å². The summed E-state index contributed by atoms with van der Waals surface area (Å²) in [5.74, 6) is 0.328. The van der Waals surface area contributed by atoms with Gasteiger partial charge in [0.2, 0.25) is 0 Å². The molecule has 1 aromatic heterocycles. The molecule has 0 fully saturated rings. The molecule has 6 heteroatoms. The molecule has 0 saturated heterocycles. The van der Waals surface area contributed by atoms with Crippen LogP contribution in [-0.2, 0) is 15.9 Å². The van der Waals surface area contributed by atoms with Crippen LogP contribution in [0.2, 0.25) is 0 Å². The second kappa shape index (κ2) is 5.53. The first-order valence-corrected chi connectivity index (χ1v) is 8.49. The summed E-state index contributed by atoms with van der Waals surface area (Å²) >= 11 is 7.06. The summed E-state index contributed by atoms with van der Waals surface area (Å²) in [5.41, 5.74) is 1.67. The van der Waals surface area contributed by atoms with Gasteiger partial charge in [0.15, 0.2) is 0 Å². The topological polar surface area (TPSA) is 37.4 Å². The molecule has 0 bridgehead atoms. The Kier molecular flexibility index (Phi) is 4.18. The molecule has 0 aliphatic heterocycles. The van der Waals surface area contributed by atoms with Crippen molar-refractivity contribution in [2.75, 3.05) is 11.4 Å². The number of alkyl halides is 1. The molecule has 0 aliphatic carbocycles. The van der Waals surface area contributed by atoms with Crippen molar-refractivity contribution in [1.29, 1.82) is 0 Å². The van der Waals surface area contributed by atoms with E-state index in [0.29, 0.717) is 11.6 Å². The zero-order chi connectivity index (χ0) is 14.0. The fourth-order valence-electron chi connectivity index (χ4n) is 1.69. The highest BCUT2D eigenvalue weighted by molar-refractivity contribution is 7.93. The number of aryl methyl sites for hydroxylation is 1. The number of hydrogen-bond donors (Lipinski definition) is 0. The fourth-order valence-corrected chi connectivity index (χ4v) is 4.25. The predicted molar refractivity (Wildman–Crippen MR) is 80.6 cm³/mol. The highest BCUT2D eigenvalue weighted by Crippen LogP contribution is 2.26. The zero-order valence-electron chi connectivity index (χ0n) is 10.6. The Hall–Kier alpha value is -1.04. The molecule has 0 amide bonds. The second-order valence-corrected chi connectivity index (χ2v) is 7.43. The van der Waals surface area contributed by atoms with Gasteiger partial charge in [0, 0.05) is 17.3 Å². The zero-order valence-corrected chi connectivity index (χ0v) is 13.0. The molecule has 102 valence electrons. The molecule has 2 rings (SSSR count). The Morgan fingerprint density at radius 3 is 2.63 bits per heavy atom. The molecule has 0 spiro atoms. The monoisotopic (exact) mass is 315 g/mol. The van der Waals surface area contributed by atoms with Crippen LogP contribution in [0.1, 0.15) is 10.4 Å². The van der Waals surface area contributed by atoms with Gasteiger partial charge in [0.1, 0.15) is 0 Å². The third-order valence-electron chi connectivity index (χ3n) is 2.79. The number of anilines is 1. The lowest BCUT2D eigenvalue weighted by molar-refractivity contribution is 0.594. The van der Waals surface area contributed by atoms with Crippen molar-refractivity contribution in [1.82, 2.24) is 0 Å². The van der Waals surface area contributed by atoms with Gasteiger partial charge in [-0.2, -0.15) is 0 Å². The molecule has 0 saturated carbocycles. The minimum Gasteiger partial charge on any atom is -0.269 e. The van der Waals surface area contributed by atoms with E-state index in [4.69, 9.17) is 11.6 Å². The Labute approximate surface area is 122 Å². The number of sulfonamides is 1. The first-order chi connectivity index (χ1) is 8.95. The van der Waals surface area contributed by atoms with Gasteiger partial charge < -0.3 is 0 Å². The minimum absolute atomic E-state index is 0.289. The fraction of sp³-hybridized carbons (Fsp3) is 0.231. The predicted octanol–water partition coefficient (Wildman–Crippen LogP) is 3.62. The molecule has 2 aromatic rings. The van der Waals surface area contributed by atoms with Crippen molar-refractivity contribution in [3.63, 3.8) is 0 Å². The maximum atomic E-state index is 12.5. The average molecular weight is 316 g/mol. The molecule has 0 N–H and O–H groups in total. The third kappa shape index (κ3) is 2.94. The molecule has 0 radical (unpaired) electrons. The summed E-state index contributed by atoms with van der Waals surface area (Å²) in [6, 6.07) is 9.01. The normalized spacial score (nSPS) is 11.5. The van der Waals surface area contributed by atoms with E-state index in [2.05, 4.69) is 0 Å². The van der Waals surface area contributed by atoms with Gasteiger partial charge >= 0.3 is 0 Å². The van der Waals surface area contributed by atoms with E-state index in [1.165, 1.54) is 15.6 Å². The first kappa shape index (κ1) is 14.4. The van der Waals surface area contributed by atoms with Gasteiger partial charge in [0.05, 0.1) is 16.5 Å². The largest absolute Gasteiger partial charge is 0.269 e. The van der Waals surface area contributed by atoms with Gasteiger partial charge in [-0.1, -0.05) is 12.1 Å². The van der Waals surface area contributed by atoms with E-state index in [1.54, 1.807) is 24.6 Å². The van der Waals surface area contributed by atoms with Gasteiger partial charge in [-0.05, 0) is 30.7 Å². The summed E-state index contributed by atoms with van der Waals surface area (Å²) in [7, 11) is -1.96. The number of benzene rings is 1. The van der Waals surface area contributed by atoms with Crippen LogP contribution in [0.4, 0.5) is 5.69 Å². The Bertz CT molecular complexity index is 679. The summed E-state index contributed by atoms with van der Waals surface area (Å²) in [4.78, 5) is 1.13. The second-order valence-electron chi connectivity index (χ2n) is 4.19.